The summed E-state index contributed by atoms with van der Waals surface area (Å²) < 4.78 is 6.38. The average Bonchev–Trinajstić information content (AvgIpc) is 2.46. The van der Waals surface area contributed by atoms with E-state index in [0.29, 0.717) is 21.7 Å². The summed E-state index contributed by atoms with van der Waals surface area (Å²) >= 11 is 16.0. The van der Waals surface area contributed by atoms with Gasteiger partial charge in [-0.3, -0.25) is 0 Å². The van der Waals surface area contributed by atoms with Crippen molar-refractivity contribution in [1.82, 2.24) is 9.97 Å². The van der Waals surface area contributed by atoms with Crippen LogP contribution >= 0.6 is 39.1 Å². The summed E-state index contributed by atoms with van der Waals surface area (Å²) in [6.45, 7) is 2.07. The van der Waals surface area contributed by atoms with Gasteiger partial charge in [0.1, 0.15) is 16.4 Å². The van der Waals surface area contributed by atoms with Crippen LogP contribution in [0.15, 0.2) is 28.7 Å². The van der Waals surface area contributed by atoms with Crippen LogP contribution in [0.1, 0.15) is 31.7 Å². The van der Waals surface area contributed by atoms with E-state index < -0.39 is 0 Å². The molecule has 0 radical (unpaired) electrons. The molecule has 1 heterocycles. The second kappa shape index (κ2) is 7.54. The molecule has 0 spiro atoms. The smallest absolute Gasteiger partial charge is 0.160 e. The van der Waals surface area contributed by atoms with Gasteiger partial charge in [0.2, 0.25) is 0 Å². The van der Waals surface area contributed by atoms with Gasteiger partial charge in [-0.15, -0.1) is 0 Å². The van der Waals surface area contributed by atoms with Gasteiger partial charge >= 0.3 is 0 Å². The van der Waals surface area contributed by atoms with Crippen LogP contribution in [0.4, 0.5) is 0 Å². The van der Waals surface area contributed by atoms with Crippen molar-refractivity contribution in [3.63, 3.8) is 0 Å². The third-order valence-corrected chi connectivity index (χ3v) is 4.17. The Morgan fingerprint density at radius 2 is 1.71 bits per heavy atom. The lowest BCUT2D eigenvalue weighted by Gasteiger charge is -2.15. The summed E-state index contributed by atoms with van der Waals surface area (Å²) in [6.07, 6.45) is 1.59. The van der Waals surface area contributed by atoms with Crippen LogP contribution in [0.3, 0.4) is 0 Å². The highest BCUT2D eigenvalue weighted by atomic mass is 79.9. The molecular formula is C15H15BrCl2N2O. The fourth-order valence-electron chi connectivity index (χ4n) is 2.04. The summed E-state index contributed by atoms with van der Waals surface area (Å²) in [5, 5.41) is 0.677. The maximum Gasteiger partial charge on any atom is 0.160 e. The SMILES string of the molecule is CCCC(OC)c1nc(Cl)c(-c2ccc(Br)cc2)c(Cl)n1. The number of hydrogen-bond donors (Lipinski definition) is 0. The average molecular weight is 390 g/mol. The fourth-order valence-corrected chi connectivity index (χ4v) is 2.92. The number of nitrogens with zero attached hydrogens (tertiary/aromatic N) is 2. The predicted molar refractivity (Wildman–Crippen MR) is 89.8 cm³/mol. The van der Waals surface area contributed by atoms with Crippen LogP contribution in [0.5, 0.6) is 0 Å². The predicted octanol–water partition coefficient (Wildman–Crippen LogP) is 5.70. The van der Waals surface area contributed by atoms with Crippen molar-refractivity contribution in [2.24, 2.45) is 0 Å². The highest BCUT2D eigenvalue weighted by molar-refractivity contribution is 9.10. The van der Waals surface area contributed by atoms with Gasteiger partial charge in [-0.05, 0) is 24.1 Å². The van der Waals surface area contributed by atoms with Gasteiger partial charge < -0.3 is 4.74 Å². The molecule has 6 heteroatoms. The molecule has 0 saturated heterocycles. The van der Waals surface area contributed by atoms with Crippen LogP contribution in [0.25, 0.3) is 11.1 Å². The van der Waals surface area contributed by atoms with E-state index in [2.05, 4.69) is 32.8 Å². The highest BCUT2D eigenvalue weighted by Crippen LogP contribution is 2.34. The van der Waals surface area contributed by atoms with Gasteiger partial charge in [0.25, 0.3) is 0 Å². The van der Waals surface area contributed by atoms with Crippen LogP contribution < -0.4 is 0 Å². The number of methoxy groups -OCH3 is 1. The summed E-state index contributed by atoms with van der Waals surface area (Å²) in [5.41, 5.74) is 1.52. The second-order valence-corrected chi connectivity index (χ2v) is 6.19. The topological polar surface area (TPSA) is 35.0 Å². The number of benzene rings is 1. The molecule has 1 aromatic heterocycles. The Hall–Kier alpha value is -0.680. The highest BCUT2D eigenvalue weighted by Gasteiger charge is 2.19. The summed E-state index contributed by atoms with van der Waals surface area (Å²) in [7, 11) is 1.63. The monoisotopic (exact) mass is 388 g/mol. The molecule has 21 heavy (non-hydrogen) atoms. The molecule has 0 aliphatic carbocycles. The summed E-state index contributed by atoms with van der Waals surface area (Å²) in [4.78, 5) is 8.71. The van der Waals surface area contributed by atoms with Gasteiger partial charge in [-0.25, -0.2) is 9.97 Å². The molecule has 0 fully saturated rings. The number of ether oxygens (including phenoxy) is 1. The van der Waals surface area contributed by atoms with E-state index in [4.69, 9.17) is 27.9 Å². The minimum Gasteiger partial charge on any atom is -0.373 e. The first kappa shape index (κ1) is 16.7. The largest absolute Gasteiger partial charge is 0.373 e. The zero-order chi connectivity index (χ0) is 15.4. The number of rotatable bonds is 5. The number of hydrogen-bond acceptors (Lipinski definition) is 3. The molecule has 3 nitrogen and oxygen atoms in total. The van der Waals surface area contributed by atoms with Crippen molar-refractivity contribution < 1.29 is 4.74 Å². The third-order valence-electron chi connectivity index (χ3n) is 3.09. The quantitative estimate of drug-likeness (QED) is 0.615. The zero-order valence-corrected chi connectivity index (χ0v) is 14.8. The van der Waals surface area contributed by atoms with Gasteiger partial charge in [-0.2, -0.15) is 0 Å². The first-order chi connectivity index (χ1) is 10.1. The Bertz CT molecular complexity index is 597. The standard InChI is InChI=1S/C15H15BrCl2N2O/c1-3-4-11(21-2)15-19-13(17)12(14(18)20-15)9-5-7-10(16)8-6-9/h5-8,11H,3-4H2,1-2H3. The van der Waals surface area contributed by atoms with E-state index in [-0.39, 0.29) is 6.10 Å². The number of halogens is 3. The fraction of sp³-hybridized carbons (Fsp3) is 0.333. The van der Waals surface area contributed by atoms with Crippen molar-refractivity contribution in [3.05, 3.63) is 44.9 Å². The first-order valence-corrected chi connectivity index (χ1v) is 8.13. The maximum absolute atomic E-state index is 6.31. The third kappa shape index (κ3) is 3.95. The van der Waals surface area contributed by atoms with E-state index in [1.54, 1.807) is 7.11 Å². The molecule has 112 valence electrons. The molecule has 0 N–H and O–H groups in total. The van der Waals surface area contributed by atoms with Crippen molar-refractivity contribution in [2.45, 2.75) is 25.9 Å². The Labute approximate surface area is 142 Å². The molecule has 0 bridgehead atoms. The lowest BCUT2D eigenvalue weighted by Crippen LogP contribution is -2.08. The molecule has 1 aromatic carbocycles. The molecule has 0 aliphatic heterocycles. The molecule has 2 aromatic rings. The molecular weight excluding hydrogens is 375 g/mol. The molecule has 1 atom stereocenters. The van der Waals surface area contributed by atoms with E-state index in [0.717, 1.165) is 22.9 Å². The molecule has 0 saturated carbocycles. The Morgan fingerprint density at radius 3 is 2.19 bits per heavy atom. The van der Waals surface area contributed by atoms with Crippen LogP contribution in [0.2, 0.25) is 10.3 Å². The minimum atomic E-state index is -0.191. The van der Waals surface area contributed by atoms with Crippen molar-refractivity contribution >= 4 is 39.1 Å². The van der Waals surface area contributed by atoms with Gasteiger partial charge in [0, 0.05) is 11.6 Å². The van der Waals surface area contributed by atoms with Gasteiger partial charge in [0.15, 0.2) is 5.82 Å². The van der Waals surface area contributed by atoms with Crippen LogP contribution in [0, 0.1) is 0 Å². The Kier molecular flexibility index (Phi) is 5.99. The van der Waals surface area contributed by atoms with Crippen LogP contribution in [-0.4, -0.2) is 17.1 Å². The number of aromatic nitrogens is 2. The van der Waals surface area contributed by atoms with E-state index in [1.807, 2.05) is 24.3 Å². The summed E-state index contributed by atoms with van der Waals surface area (Å²) in [6, 6.07) is 7.68. The maximum atomic E-state index is 6.31. The van der Waals surface area contributed by atoms with Crippen molar-refractivity contribution in [3.8, 4) is 11.1 Å². The lowest BCUT2D eigenvalue weighted by atomic mass is 10.1. The van der Waals surface area contributed by atoms with E-state index >= 15 is 0 Å². The normalized spacial score (nSPS) is 12.4. The minimum absolute atomic E-state index is 0.191. The van der Waals surface area contributed by atoms with Crippen molar-refractivity contribution in [1.29, 1.82) is 0 Å². The zero-order valence-electron chi connectivity index (χ0n) is 11.7. The van der Waals surface area contributed by atoms with E-state index in [9.17, 15) is 0 Å². The lowest BCUT2D eigenvalue weighted by molar-refractivity contribution is 0.0876. The Morgan fingerprint density at radius 1 is 1.14 bits per heavy atom. The second-order valence-electron chi connectivity index (χ2n) is 4.56. The summed E-state index contributed by atoms with van der Waals surface area (Å²) in [5.74, 6) is 0.523. The first-order valence-electron chi connectivity index (χ1n) is 6.58. The van der Waals surface area contributed by atoms with Crippen molar-refractivity contribution in [2.75, 3.05) is 7.11 Å². The molecule has 0 amide bonds. The Balaban J connectivity index is 2.44. The molecule has 2 rings (SSSR count). The van der Waals surface area contributed by atoms with Gasteiger partial charge in [0.05, 0.1) is 5.56 Å². The molecule has 0 aliphatic rings. The molecule has 1 unspecified atom stereocenters. The van der Waals surface area contributed by atoms with Crippen LogP contribution in [-0.2, 0) is 4.74 Å². The van der Waals surface area contributed by atoms with E-state index in [1.165, 1.54) is 0 Å². The van der Waals surface area contributed by atoms with Gasteiger partial charge in [-0.1, -0.05) is 64.6 Å².